The molecule has 1 N–H and O–H groups in total. The SMILES string of the molecule is CN1CC(NC2CCCC2C#N)C1. The molecule has 1 saturated heterocycles. The number of likely N-dealkylation sites (tertiary alicyclic amines) is 1. The Hall–Kier alpha value is -0.590. The molecule has 13 heavy (non-hydrogen) atoms. The molecule has 0 spiro atoms. The highest BCUT2D eigenvalue weighted by Gasteiger charge is 2.32. The van der Waals surface area contributed by atoms with Crippen LogP contribution in [0.4, 0.5) is 0 Å². The molecule has 1 aliphatic heterocycles. The van der Waals surface area contributed by atoms with Gasteiger partial charge in [-0.1, -0.05) is 6.42 Å². The Morgan fingerprint density at radius 3 is 2.77 bits per heavy atom. The molecule has 0 radical (unpaired) electrons. The van der Waals surface area contributed by atoms with E-state index >= 15 is 0 Å². The maximum absolute atomic E-state index is 8.89. The van der Waals surface area contributed by atoms with E-state index in [9.17, 15) is 0 Å². The second-order valence-corrected chi connectivity index (χ2v) is 4.36. The van der Waals surface area contributed by atoms with E-state index in [0.717, 1.165) is 19.5 Å². The van der Waals surface area contributed by atoms with E-state index < -0.39 is 0 Å². The normalized spacial score (nSPS) is 35.7. The molecule has 0 amide bonds. The zero-order valence-electron chi connectivity index (χ0n) is 8.16. The van der Waals surface area contributed by atoms with Crippen molar-refractivity contribution in [2.75, 3.05) is 20.1 Å². The van der Waals surface area contributed by atoms with Gasteiger partial charge in [0.25, 0.3) is 0 Å². The van der Waals surface area contributed by atoms with Crippen molar-refractivity contribution in [1.82, 2.24) is 10.2 Å². The summed E-state index contributed by atoms with van der Waals surface area (Å²) in [5, 5.41) is 12.5. The van der Waals surface area contributed by atoms with Gasteiger partial charge in [-0.15, -0.1) is 0 Å². The van der Waals surface area contributed by atoms with Crippen LogP contribution in [-0.2, 0) is 0 Å². The van der Waals surface area contributed by atoms with Gasteiger partial charge in [-0.05, 0) is 19.9 Å². The maximum Gasteiger partial charge on any atom is 0.0672 e. The predicted molar refractivity (Wildman–Crippen MR) is 51.2 cm³/mol. The smallest absolute Gasteiger partial charge is 0.0672 e. The number of nitriles is 1. The van der Waals surface area contributed by atoms with Crippen molar-refractivity contribution >= 4 is 0 Å². The molecule has 0 bridgehead atoms. The van der Waals surface area contributed by atoms with Crippen LogP contribution in [0, 0.1) is 17.2 Å². The minimum absolute atomic E-state index is 0.269. The van der Waals surface area contributed by atoms with Gasteiger partial charge in [0, 0.05) is 25.2 Å². The maximum atomic E-state index is 8.89. The van der Waals surface area contributed by atoms with Crippen molar-refractivity contribution in [1.29, 1.82) is 5.26 Å². The van der Waals surface area contributed by atoms with Crippen LogP contribution in [0.25, 0.3) is 0 Å². The standard InChI is InChI=1S/C10H17N3/c1-13-6-9(7-13)12-10-4-2-3-8(10)5-11/h8-10,12H,2-4,6-7H2,1H3. The zero-order chi connectivity index (χ0) is 9.26. The summed E-state index contributed by atoms with van der Waals surface area (Å²) < 4.78 is 0. The fourth-order valence-corrected chi connectivity index (χ4v) is 2.42. The van der Waals surface area contributed by atoms with E-state index in [4.69, 9.17) is 5.26 Å². The first-order chi connectivity index (χ1) is 6.29. The molecule has 2 aliphatic rings. The van der Waals surface area contributed by atoms with E-state index in [2.05, 4.69) is 23.3 Å². The van der Waals surface area contributed by atoms with E-state index in [-0.39, 0.29) is 5.92 Å². The lowest BCUT2D eigenvalue weighted by Crippen LogP contribution is -2.58. The van der Waals surface area contributed by atoms with Crippen molar-refractivity contribution in [3.63, 3.8) is 0 Å². The first-order valence-corrected chi connectivity index (χ1v) is 5.14. The highest BCUT2D eigenvalue weighted by Crippen LogP contribution is 2.25. The van der Waals surface area contributed by atoms with E-state index in [1.807, 2.05) is 0 Å². The summed E-state index contributed by atoms with van der Waals surface area (Å²) in [4.78, 5) is 2.30. The average Bonchev–Trinajstić information content (AvgIpc) is 2.49. The summed E-state index contributed by atoms with van der Waals surface area (Å²) in [5.41, 5.74) is 0. The summed E-state index contributed by atoms with van der Waals surface area (Å²) in [7, 11) is 2.13. The fourth-order valence-electron chi connectivity index (χ4n) is 2.42. The summed E-state index contributed by atoms with van der Waals surface area (Å²) >= 11 is 0. The molecule has 3 heteroatoms. The summed E-state index contributed by atoms with van der Waals surface area (Å²) in [6.45, 7) is 2.29. The van der Waals surface area contributed by atoms with Crippen LogP contribution in [0.15, 0.2) is 0 Å². The molecule has 1 heterocycles. The molecule has 2 rings (SSSR count). The minimum atomic E-state index is 0.269. The number of likely N-dealkylation sites (N-methyl/N-ethyl adjacent to an activating group) is 1. The van der Waals surface area contributed by atoms with Crippen LogP contribution in [0.1, 0.15) is 19.3 Å². The van der Waals surface area contributed by atoms with E-state index in [1.165, 1.54) is 12.8 Å². The monoisotopic (exact) mass is 179 g/mol. The Labute approximate surface area is 79.7 Å². The number of nitrogens with zero attached hydrogens (tertiary/aromatic N) is 2. The molecule has 3 nitrogen and oxygen atoms in total. The van der Waals surface area contributed by atoms with Crippen LogP contribution in [-0.4, -0.2) is 37.1 Å². The number of hydrogen-bond acceptors (Lipinski definition) is 3. The Balaban J connectivity index is 1.78. The topological polar surface area (TPSA) is 39.1 Å². The molecular weight excluding hydrogens is 162 g/mol. The van der Waals surface area contributed by atoms with Crippen molar-refractivity contribution < 1.29 is 0 Å². The van der Waals surface area contributed by atoms with Crippen LogP contribution < -0.4 is 5.32 Å². The van der Waals surface area contributed by atoms with Crippen LogP contribution in [0.5, 0.6) is 0 Å². The lowest BCUT2D eigenvalue weighted by molar-refractivity contribution is 0.147. The van der Waals surface area contributed by atoms with Crippen molar-refractivity contribution in [2.45, 2.75) is 31.3 Å². The second kappa shape index (κ2) is 3.65. The van der Waals surface area contributed by atoms with Crippen LogP contribution in [0.3, 0.4) is 0 Å². The Bertz CT molecular complexity index is 215. The third-order valence-electron chi connectivity index (χ3n) is 3.20. The van der Waals surface area contributed by atoms with Crippen molar-refractivity contribution in [2.24, 2.45) is 5.92 Å². The van der Waals surface area contributed by atoms with Gasteiger partial charge in [-0.3, -0.25) is 0 Å². The highest BCUT2D eigenvalue weighted by atomic mass is 15.2. The molecule has 2 fully saturated rings. The predicted octanol–water partition coefficient (Wildman–Crippen LogP) is 0.582. The molecule has 2 atom stereocenters. The number of rotatable bonds is 2. The molecule has 72 valence electrons. The molecule has 1 aliphatic carbocycles. The molecule has 2 unspecified atom stereocenters. The van der Waals surface area contributed by atoms with E-state index in [1.54, 1.807) is 0 Å². The largest absolute Gasteiger partial charge is 0.307 e. The van der Waals surface area contributed by atoms with Crippen molar-refractivity contribution in [3.8, 4) is 6.07 Å². The van der Waals surface area contributed by atoms with Crippen LogP contribution in [0.2, 0.25) is 0 Å². The number of nitrogens with one attached hydrogen (secondary N) is 1. The zero-order valence-corrected chi connectivity index (χ0v) is 8.16. The van der Waals surface area contributed by atoms with Gasteiger partial charge in [0.2, 0.25) is 0 Å². The first kappa shape index (κ1) is 8.98. The molecular formula is C10H17N3. The lowest BCUT2D eigenvalue weighted by atomic mass is 10.0. The quantitative estimate of drug-likeness (QED) is 0.674. The summed E-state index contributed by atoms with van der Waals surface area (Å²) in [6.07, 6.45) is 3.51. The van der Waals surface area contributed by atoms with E-state index in [0.29, 0.717) is 12.1 Å². The fraction of sp³-hybridized carbons (Fsp3) is 0.900. The van der Waals surface area contributed by atoms with Gasteiger partial charge in [0.1, 0.15) is 0 Å². The Morgan fingerprint density at radius 1 is 1.38 bits per heavy atom. The average molecular weight is 179 g/mol. The Morgan fingerprint density at radius 2 is 2.15 bits per heavy atom. The molecule has 0 aromatic carbocycles. The lowest BCUT2D eigenvalue weighted by Gasteiger charge is -2.39. The summed E-state index contributed by atoms with van der Waals surface area (Å²) in [6, 6.07) is 3.52. The first-order valence-electron chi connectivity index (χ1n) is 5.14. The van der Waals surface area contributed by atoms with Crippen molar-refractivity contribution in [3.05, 3.63) is 0 Å². The van der Waals surface area contributed by atoms with Crippen LogP contribution >= 0.6 is 0 Å². The van der Waals surface area contributed by atoms with Gasteiger partial charge >= 0.3 is 0 Å². The third kappa shape index (κ3) is 1.84. The second-order valence-electron chi connectivity index (χ2n) is 4.36. The Kier molecular flexibility index (Phi) is 2.52. The molecule has 0 aromatic heterocycles. The van der Waals surface area contributed by atoms with Gasteiger partial charge in [0.05, 0.1) is 12.0 Å². The number of hydrogen-bond donors (Lipinski definition) is 1. The van der Waals surface area contributed by atoms with Gasteiger partial charge < -0.3 is 10.2 Å². The van der Waals surface area contributed by atoms with Gasteiger partial charge in [-0.25, -0.2) is 0 Å². The third-order valence-corrected chi connectivity index (χ3v) is 3.20. The van der Waals surface area contributed by atoms with Gasteiger partial charge in [0.15, 0.2) is 0 Å². The molecule has 0 aromatic rings. The van der Waals surface area contributed by atoms with Gasteiger partial charge in [-0.2, -0.15) is 5.26 Å². The minimum Gasteiger partial charge on any atom is -0.307 e. The summed E-state index contributed by atoms with van der Waals surface area (Å²) in [5.74, 6) is 0.269. The highest BCUT2D eigenvalue weighted by molar-refractivity contribution is 4.99. The molecule has 1 saturated carbocycles.